The molecule has 0 aliphatic heterocycles. The minimum absolute atomic E-state index is 0.0558. The predicted molar refractivity (Wildman–Crippen MR) is 205 cm³/mol. The average Bonchev–Trinajstić information content (AvgIpc) is 3.36. The number of hydrogen-bond acceptors (Lipinski definition) is 1. The van der Waals surface area contributed by atoms with Gasteiger partial charge in [0.15, 0.2) is 0 Å². The van der Waals surface area contributed by atoms with E-state index in [-0.39, 0.29) is 5.41 Å². The summed E-state index contributed by atoms with van der Waals surface area (Å²) in [4.78, 5) is 0. The SMILES string of the molecule is CCCCCCCCC1(CCCCCCCC)c2ccccc2-c2ccc(/C(N)=C/C(=C3/C=C(Br)C=CC3)c3ccccc3)cc21. The predicted octanol–water partition coefficient (Wildman–Crippen LogP) is 13.4. The highest BCUT2D eigenvalue weighted by Gasteiger charge is 2.42. The zero-order valence-electron chi connectivity index (χ0n) is 28.3. The Balaban J connectivity index is 1.52. The van der Waals surface area contributed by atoms with Gasteiger partial charge in [-0.15, -0.1) is 0 Å². The highest BCUT2D eigenvalue weighted by molar-refractivity contribution is 9.11. The molecule has 2 aliphatic carbocycles. The molecule has 0 saturated heterocycles. The topological polar surface area (TPSA) is 26.0 Å². The molecular weight excluding hydrogens is 622 g/mol. The van der Waals surface area contributed by atoms with Crippen molar-refractivity contribution in [1.82, 2.24) is 0 Å². The number of benzene rings is 3. The highest BCUT2D eigenvalue weighted by Crippen LogP contribution is 2.54. The normalized spacial score (nSPS) is 16.2. The molecule has 0 aromatic heterocycles. The molecule has 5 rings (SSSR count). The maximum Gasteiger partial charge on any atom is 0.0394 e. The number of halogens is 1. The quantitative estimate of drug-likeness (QED) is 0.142. The van der Waals surface area contributed by atoms with Crippen LogP contribution >= 0.6 is 15.9 Å². The first-order valence-electron chi connectivity index (χ1n) is 18.1. The zero-order chi connectivity index (χ0) is 32.2. The minimum atomic E-state index is 0.0558. The molecule has 0 atom stereocenters. The van der Waals surface area contributed by atoms with Crippen molar-refractivity contribution in [3.8, 4) is 11.1 Å². The van der Waals surface area contributed by atoms with E-state index >= 15 is 0 Å². The Morgan fingerprint density at radius 3 is 1.98 bits per heavy atom. The molecule has 3 aromatic rings. The first-order chi connectivity index (χ1) is 22.6. The van der Waals surface area contributed by atoms with Crippen molar-refractivity contribution in [2.45, 2.75) is 116 Å². The van der Waals surface area contributed by atoms with Gasteiger partial charge in [0.2, 0.25) is 0 Å². The van der Waals surface area contributed by atoms with Gasteiger partial charge in [-0.3, -0.25) is 0 Å². The molecule has 3 aromatic carbocycles. The summed E-state index contributed by atoms with van der Waals surface area (Å²) >= 11 is 3.71. The van der Waals surface area contributed by atoms with Crippen LogP contribution in [0.3, 0.4) is 0 Å². The lowest BCUT2D eigenvalue weighted by molar-refractivity contribution is 0.398. The first kappa shape index (κ1) is 34.2. The van der Waals surface area contributed by atoms with E-state index in [0.29, 0.717) is 0 Å². The van der Waals surface area contributed by atoms with Crippen molar-refractivity contribution >= 4 is 27.2 Å². The van der Waals surface area contributed by atoms with Gasteiger partial charge in [0.1, 0.15) is 0 Å². The standard InChI is InChI=1S/C44H54BrN/c1-3-5-7-9-11-18-29-44(30-19-12-10-8-6-4-2)41-26-17-16-25-38(41)39-28-27-36(32-42(39)44)43(46)33-40(34-21-14-13-15-22-34)35-23-20-24-37(45)31-35/h13-17,20-22,24-28,31-33H,3-12,18-19,23,29-30,46H2,1-2H3/b40-35-,43-33-. The maximum atomic E-state index is 7.08. The summed E-state index contributed by atoms with van der Waals surface area (Å²) in [7, 11) is 0. The molecule has 0 heterocycles. The fourth-order valence-corrected chi connectivity index (χ4v) is 8.15. The summed E-state index contributed by atoms with van der Waals surface area (Å²) in [6.45, 7) is 4.61. The molecule has 0 radical (unpaired) electrons. The van der Waals surface area contributed by atoms with E-state index in [1.54, 1.807) is 5.56 Å². The van der Waals surface area contributed by atoms with E-state index in [1.165, 1.54) is 123 Å². The van der Waals surface area contributed by atoms with Gasteiger partial charge in [-0.2, -0.15) is 0 Å². The van der Waals surface area contributed by atoms with Crippen LogP contribution in [-0.4, -0.2) is 0 Å². The van der Waals surface area contributed by atoms with Gasteiger partial charge in [-0.05, 0) is 82.0 Å². The molecular formula is C44H54BrN. The molecule has 2 N–H and O–H groups in total. The molecule has 2 heteroatoms. The van der Waals surface area contributed by atoms with E-state index in [2.05, 4.69) is 127 Å². The summed E-state index contributed by atoms with van der Waals surface area (Å²) in [5.74, 6) is 0. The van der Waals surface area contributed by atoms with Crippen LogP contribution in [0.5, 0.6) is 0 Å². The molecule has 0 bridgehead atoms. The third-order valence-corrected chi connectivity index (χ3v) is 10.7. The summed E-state index contributed by atoms with van der Waals surface area (Å²) in [6, 6.07) is 27.1. The Kier molecular flexibility index (Phi) is 12.8. The fourth-order valence-electron chi connectivity index (χ4n) is 7.69. The van der Waals surface area contributed by atoms with Crippen LogP contribution in [0.1, 0.15) is 132 Å². The lowest BCUT2D eigenvalue weighted by Gasteiger charge is -2.33. The lowest BCUT2D eigenvalue weighted by Crippen LogP contribution is -2.25. The van der Waals surface area contributed by atoms with E-state index < -0.39 is 0 Å². The minimum Gasteiger partial charge on any atom is -0.398 e. The van der Waals surface area contributed by atoms with E-state index in [4.69, 9.17) is 5.73 Å². The summed E-state index contributed by atoms with van der Waals surface area (Å²) in [6.07, 6.45) is 28.1. The van der Waals surface area contributed by atoms with Gasteiger partial charge < -0.3 is 5.73 Å². The van der Waals surface area contributed by atoms with Gasteiger partial charge >= 0.3 is 0 Å². The van der Waals surface area contributed by atoms with Gasteiger partial charge in [0.25, 0.3) is 0 Å². The van der Waals surface area contributed by atoms with Crippen LogP contribution in [0.15, 0.2) is 107 Å². The zero-order valence-corrected chi connectivity index (χ0v) is 29.9. The molecule has 0 saturated carbocycles. The largest absolute Gasteiger partial charge is 0.398 e. The van der Waals surface area contributed by atoms with Gasteiger partial charge in [0, 0.05) is 15.6 Å². The molecule has 0 unspecified atom stereocenters. The highest BCUT2D eigenvalue weighted by atomic mass is 79.9. The number of nitrogens with two attached hydrogens (primary N) is 1. The maximum absolute atomic E-state index is 7.08. The van der Waals surface area contributed by atoms with E-state index in [1.807, 2.05) is 0 Å². The van der Waals surface area contributed by atoms with Gasteiger partial charge in [-0.25, -0.2) is 0 Å². The van der Waals surface area contributed by atoms with Gasteiger partial charge in [-0.1, -0.05) is 186 Å². The summed E-state index contributed by atoms with van der Waals surface area (Å²) < 4.78 is 1.10. The lowest BCUT2D eigenvalue weighted by atomic mass is 9.70. The van der Waals surface area contributed by atoms with Crippen LogP contribution in [-0.2, 0) is 5.41 Å². The van der Waals surface area contributed by atoms with E-state index in [0.717, 1.165) is 22.2 Å². The average molecular weight is 677 g/mol. The fraction of sp³-hybridized carbons (Fsp3) is 0.409. The third kappa shape index (κ3) is 8.24. The van der Waals surface area contributed by atoms with Crippen molar-refractivity contribution in [1.29, 1.82) is 0 Å². The molecule has 0 amide bonds. The number of hydrogen-bond donors (Lipinski definition) is 1. The summed E-state index contributed by atoms with van der Waals surface area (Å²) in [5, 5.41) is 0. The number of allylic oxidation sites excluding steroid dienone is 7. The second-order valence-electron chi connectivity index (χ2n) is 13.5. The van der Waals surface area contributed by atoms with Crippen molar-refractivity contribution in [2.75, 3.05) is 0 Å². The second kappa shape index (κ2) is 17.2. The van der Waals surface area contributed by atoms with Crippen LogP contribution in [0, 0.1) is 0 Å². The monoisotopic (exact) mass is 675 g/mol. The van der Waals surface area contributed by atoms with Crippen molar-refractivity contribution in [3.05, 3.63) is 129 Å². The third-order valence-electron chi connectivity index (χ3n) is 10.2. The van der Waals surface area contributed by atoms with Crippen LogP contribution in [0.4, 0.5) is 0 Å². The number of rotatable bonds is 17. The Morgan fingerprint density at radius 2 is 1.30 bits per heavy atom. The Labute approximate surface area is 287 Å². The molecule has 2 aliphatic rings. The van der Waals surface area contributed by atoms with Crippen molar-refractivity contribution in [2.24, 2.45) is 5.73 Å². The van der Waals surface area contributed by atoms with Crippen molar-refractivity contribution in [3.63, 3.8) is 0 Å². The van der Waals surface area contributed by atoms with Crippen LogP contribution in [0.2, 0.25) is 0 Å². The number of fused-ring (bicyclic) bond motifs is 3. The van der Waals surface area contributed by atoms with Crippen LogP contribution in [0.25, 0.3) is 22.4 Å². The Morgan fingerprint density at radius 1 is 0.696 bits per heavy atom. The molecule has 46 heavy (non-hydrogen) atoms. The molecule has 242 valence electrons. The molecule has 0 fully saturated rings. The smallest absolute Gasteiger partial charge is 0.0394 e. The second-order valence-corrected chi connectivity index (χ2v) is 14.4. The van der Waals surface area contributed by atoms with Crippen molar-refractivity contribution < 1.29 is 0 Å². The van der Waals surface area contributed by atoms with Crippen LogP contribution < -0.4 is 5.73 Å². The molecule has 0 spiro atoms. The number of unbranched alkanes of at least 4 members (excludes halogenated alkanes) is 10. The molecule has 1 nitrogen and oxygen atoms in total. The van der Waals surface area contributed by atoms with Gasteiger partial charge in [0.05, 0.1) is 0 Å². The summed E-state index contributed by atoms with van der Waals surface area (Å²) in [5.41, 5.74) is 18.6. The van der Waals surface area contributed by atoms with E-state index in [9.17, 15) is 0 Å². The first-order valence-corrected chi connectivity index (χ1v) is 18.9. The Hall–Kier alpha value is -3.10. The Bertz CT molecular complexity index is 1540.